The Morgan fingerprint density at radius 3 is 1.45 bits per heavy atom. The van der Waals surface area contributed by atoms with Gasteiger partial charge in [-0.25, -0.2) is 19.7 Å². The molecule has 14 aromatic heterocycles. The molecule has 3 fully saturated rings. The predicted molar refractivity (Wildman–Crippen MR) is 480 cm³/mol. The van der Waals surface area contributed by atoms with Crippen molar-refractivity contribution in [2.24, 2.45) is 14.1 Å². The summed E-state index contributed by atoms with van der Waals surface area (Å²) in [7, 11) is 7.38. The number of hydrogen-bond donors (Lipinski definition) is 3. The molecular formula is C97H91N19O11. The Morgan fingerprint density at radius 1 is 0.425 bits per heavy atom. The number of hydrogen-bond acceptors (Lipinski definition) is 24. The fourth-order valence-electron chi connectivity index (χ4n) is 20.2. The normalized spacial score (nSPS) is 15.4. The number of aromatic amines is 3. The van der Waals surface area contributed by atoms with Crippen molar-refractivity contribution >= 4 is 110 Å². The second-order valence-electron chi connectivity index (χ2n) is 34.4. The molecule has 640 valence electrons. The van der Waals surface area contributed by atoms with Crippen LogP contribution in [0, 0.1) is 48.5 Å². The number of amides is 1. The van der Waals surface area contributed by atoms with E-state index in [1.807, 2.05) is 85.5 Å². The van der Waals surface area contributed by atoms with Crippen molar-refractivity contribution in [1.82, 2.24) is 89.7 Å². The van der Waals surface area contributed by atoms with Crippen molar-refractivity contribution < 1.29 is 46.4 Å². The highest BCUT2D eigenvalue weighted by molar-refractivity contribution is 6.12. The van der Waals surface area contributed by atoms with Gasteiger partial charge in [-0.2, -0.15) is 0 Å². The van der Waals surface area contributed by atoms with Crippen LogP contribution in [0.3, 0.4) is 0 Å². The van der Waals surface area contributed by atoms with Gasteiger partial charge in [0.15, 0.2) is 0 Å². The first-order chi connectivity index (χ1) is 61.8. The number of aromatic nitrogens is 18. The fraction of sp³-hybridized carbons (Fsp3) is 0.330. The van der Waals surface area contributed by atoms with Crippen LogP contribution in [-0.4, -0.2) is 149 Å². The topological polar surface area (TPSA) is 365 Å². The van der Waals surface area contributed by atoms with Crippen molar-refractivity contribution in [3.8, 4) is 61.4 Å². The molecule has 7 aliphatic rings. The summed E-state index contributed by atoms with van der Waals surface area (Å²) >= 11 is 0. The molecule has 0 spiro atoms. The molecule has 18 heterocycles. The first-order valence-electron chi connectivity index (χ1n) is 43.4. The van der Waals surface area contributed by atoms with E-state index in [-0.39, 0.29) is 11.6 Å². The number of pyridine rings is 5. The highest BCUT2D eigenvalue weighted by Crippen LogP contribution is 2.48. The number of benzene rings is 5. The second kappa shape index (κ2) is 31.0. The Balaban J connectivity index is 0.0000000941. The number of imidazole rings is 4. The molecule has 0 atom stereocenters. The molecule has 0 unspecified atom stereocenters. The summed E-state index contributed by atoms with van der Waals surface area (Å²) in [5.41, 5.74) is 34.4. The molecule has 30 nitrogen and oxygen atoms in total. The maximum absolute atomic E-state index is 12.0. The summed E-state index contributed by atoms with van der Waals surface area (Å²) in [6.45, 7) is 20.8. The number of anilines is 1. The van der Waals surface area contributed by atoms with Gasteiger partial charge >= 0.3 is 5.69 Å². The zero-order valence-electron chi connectivity index (χ0n) is 72.6. The zero-order valence-corrected chi connectivity index (χ0v) is 72.6. The van der Waals surface area contributed by atoms with Gasteiger partial charge in [0, 0.05) is 171 Å². The Bertz CT molecular complexity index is 7780. The Kier molecular flexibility index (Phi) is 19.3. The van der Waals surface area contributed by atoms with Gasteiger partial charge in [-0.05, 0) is 192 Å². The molecule has 4 aliphatic heterocycles. The van der Waals surface area contributed by atoms with Gasteiger partial charge in [-0.3, -0.25) is 34.3 Å². The standard InChI is InChI=1S/C22H24N4O2.C21H22N4O3.C21H20N4O2.C17H13N3O2.C16H12N4O2/c1-4-19-20(13(3)26-28-19)15-10-17-16(9-12(15)2)21-18(11-23-17)24-22(25-21)14-5-7-27-8-6-14;1-11-19(12(2)28-25-11)15-8-16-14(9-18(15)26-3)20-17(10-22-16)23-21(24-20)13-4-6-27-7-5-13;1-11-19-14-9-16-15(7-13(14)8-18(19)27-24-11)20-17(10-22-16)23-21(25(20)2)12-3-5-26-6-4-12;1-8-16-11-6-13-12(3-9(11)4-14(16)22-19-8)17-10(7-18-13)5-15(21)20(17)2;1-7-14-9-5-11-10(3-8(9)4-13(14)22-19-7)15-12(6-17-11)20(2)16(21)18-15/h9-11,14H,4-8H2,1-3H3,(H,24,25);8-10,13H,4-7H2,1-3H3,(H,23,24);7,9-10,12H,3-6,8H2,1-2H3;3,6-7H,4-5H2,1-2H3;3,5-6H,4H2,1-2H3,(H,18,21). The zero-order chi connectivity index (χ0) is 86.6. The average molecular weight is 1700 g/mol. The first-order valence-corrected chi connectivity index (χ1v) is 43.4. The summed E-state index contributed by atoms with van der Waals surface area (Å²) in [4.78, 5) is 73.5. The lowest BCUT2D eigenvalue weighted by atomic mass is 9.96. The maximum Gasteiger partial charge on any atom is 0.326 e. The molecular weight excluding hydrogens is 1610 g/mol. The molecule has 1 amide bonds. The number of fused-ring (bicyclic) bond motifs is 24. The number of carbonyl (C=O) groups is 1. The third-order valence-corrected chi connectivity index (χ3v) is 26.7. The molecule has 30 heteroatoms. The summed E-state index contributed by atoms with van der Waals surface area (Å²) in [6, 6.07) is 21.2. The summed E-state index contributed by atoms with van der Waals surface area (Å²) in [5, 5.41) is 25.7. The van der Waals surface area contributed by atoms with Crippen LogP contribution in [0.2, 0.25) is 0 Å². The molecule has 5 aromatic carbocycles. The van der Waals surface area contributed by atoms with Gasteiger partial charge in [0.05, 0.1) is 144 Å². The molecule has 3 saturated heterocycles. The predicted octanol–water partition coefficient (Wildman–Crippen LogP) is 17.9. The monoisotopic (exact) mass is 1700 g/mol. The largest absolute Gasteiger partial charge is 0.496 e. The van der Waals surface area contributed by atoms with Crippen LogP contribution in [0.15, 0.2) is 119 Å². The maximum atomic E-state index is 12.0. The first kappa shape index (κ1) is 79.0. The number of nitrogens with one attached hydrogen (secondary N) is 3. The van der Waals surface area contributed by atoms with E-state index in [0.29, 0.717) is 24.2 Å². The van der Waals surface area contributed by atoms with E-state index in [1.165, 1.54) is 33.3 Å². The number of carbonyl (C=O) groups excluding carboxylic acids is 1. The molecule has 0 saturated carbocycles. The summed E-state index contributed by atoms with van der Waals surface area (Å²) in [6.07, 6.45) is 18.8. The quantitative estimate of drug-likeness (QED) is 0.133. The van der Waals surface area contributed by atoms with E-state index in [2.05, 4.69) is 130 Å². The van der Waals surface area contributed by atoms with Crippen LogP contribution in [0.1, 0.15) is 166 Å². The SMILES string of the molecule is CCc1onc(C)c1-c1cc2ncc3[nH]c(C4CCOCC4)nc3c2cc1C.COc1cc2c(cc1-c1c(C)noc1C)ncc1[nH]c(C3CCOCC3)nc12.Cc1noc2c1-c1cc3ncc4c([nH]c(=O)n4C)c3cc1C2.Cc1noc2c1-c1cc3ncc4c(c3cc1C2)N(C)C(=O)C4.Cc1noc2c1-c1cc3ncc4nc(C5CCOCC5)n(C)c4c3cc1C2. The van der Waals surface area contributed by atoms with E-state index in [0.717, 1.165) is 339 Å². The number of ether oxygens (including phenoxy) is 4. The number of rotatable bonds is 7. The lowest BCUT2D eigenvalue weighted by Crippen LogP contribution is -2.20. The highest BCUT2D eigenvalue weighted by atomic mass is 16.5. The van der Waals surface area contributed by atoms with Gasteiger partial charge in [0.1, 0.15) is 57.5 Å². The summed E-state index contributed by atoms with van der Waals surface area (Å²) in [5.74, 6) is 9.85. The van der Waals surface area contributed by atoms with Crippen molar-refractivity contribution in [2.75, 3.05) is 58.7 Å². The van der Waals surface area contributed by atoms with Crippen molar-refractivity contribution in [2.45, 2.75) is 144 Å². The van der Waals surface area contributed by atoms with Crippen LogP contribution in [0.25, 0.3) is 154 Å². The number of methoxy groups -OCH3 is 1. The minimum absolute atomic E-state index is 0.122. The second-order valence-corrected chi connectivity index (χ2v) is 34.4. The smallest absolute Gasteiger partial charge is 0.326 e. The lowest BCUT2D eigenvalue weighted by molar-refractivity contribution is -0.117. The van der Waals surface area contributed by atoms with Crippen LogP contribution in [-0.2, 0) is 65.2 Å². The van der Waals surface area contributed by atoms with Crippen LogP contribution >= 0.6 is 0 Å². The van der Waals surface area contributed by atoms with Crippen LogP contribution < -0.4 is 15.3 Å². The van der Waals surface area contributed by atoms with Gasteiger partial charge < -0.3 is 66.0 Å². The third-order valence-electron chi connectivity index (χ3n) is 26.7. The molecule has 0 radical (unpaired) electrons. The lowest BCUT2D eigenvalue weighted by Gasteiger charge is -2.21. The Hall–Kier alpha value is -14.0. The third kappa shape index (κ3) is 13.2. The van der Waals surface area contributed by atoms with Gasteiger partial charge in [0.25, 0.3) is 0 Å². The van der Waals surface area contributed by atoms with Crippen molar-refractivity contribution in [3.63, 3.8) is 0 Å². The molecule has 127 heavy (non-hydrogen) atoms. The highest BCUT2D eigenvalue weighted by Gasteiger charge is 2.35. The molecule has 0 bridgehead atoms. The van der Waals surface area contributed by atoms with E-state index >= 15 is 0 Å². The average Bonchev–Trinajstić information content (AvgIpc) is 1.70. The number of aryl methyl sites for hydroxylation is 10. The molecule has 26 rings (SSSR count). The number of nitrogens with zero attached hydrogens (tertiary/aromatic N) is 16. The minimum atomic E-state index is -0.128. The molecule has 3 aliphatic carbocycles. The van der Waals surface area contributed by atoms with Crippen LogP contribution in [0.5, 0.6) is 5.75 Å². The molecule has 3 N–H and O–H groups in total. The molecule has 19 aromatic rings. The Labute approximate surface area is 725 Å². The van der Waals surface area contributed by atoms with Gasteiger partial charge in [-0.1, -0.05) is 32.7 Å². The van der Waals surface area contributed by atoms with Crippen LogP contribution in [0.4, 0.5) is 5.69 Å². The van der Waals surface area contributed by atoms with E-state index < -0.39 is 0 Å². The summed E-state index contributed by atoms with van der Waals surface area (Å²) < 4.78 is 53.2. The van der Waals surface area contributed by atoms with E-state index in [1.54, 1.807) is 29.8 Å². The van der Waals surface area contributed by atoms with Gasteiger partial charge in [-0.15, -0.1) is 0 Å². The fourth-order valence-corrected chi connectivity index (χ4v) is 20.2. The van der Waals surface area contributed by atoms with E-state index in [9.17, 15) is 9.59 Å². The van der Waals surface area contributed by atoms with Crippen molar-refractivity contribution in [3.05, 3.63) is 205 Å². The Morgan fingerprint density at radius 2 is 0.890 bits per heavy atom. The van der Waals surface area contributed by atoms with Gasteiger partial charge in [0.2, 0.25) is 5.91 Å². The number of H-pyrrole nitrogens is 3. The van der Waals surface area contributed by atoms with Crippen molar-refractivity contribution in [1.29, 1.82) is 0 Å². The van der Waals surface area contributed by atoms with E-state index in [4.69, 9.17) is 66.5 Å². The number of likely N-dealkylation sites (N-methyl/N-ethyl adjacent to an activating group) is 1. The minimum Gasteiger partial charge on any atom is -0.496 e.